The minimum atomic E-state index is -0.263. The van der Waals surface area contributed by atoms with Crippen LogP contribution in [0.2, 0.25) is 5.02 Å². The second kappa shape index (κ2) is 6.22. The molecule has 3 aromatic rings. The average Bonchev–Trinajstić information content (AvgIpc) is 3.21. The van der Waals surface area contributed by atoms with Gasteiger partial charge in [-0.15, -0.1) is 5.10 Å². The Morgan fingerprint density at radius 3 is 2.48 bits per heavy atom. The summed E-state index contributed by atoms with van der Waals surface area (Å²) in [6.07, 6.45) is 0. The van der Waals surface area contributed by atoms with Gasteiger partial charge in [0.05, 0.1) is 12.3 Å². The highest BCUT2D eigenvalue weighted by atomic mass is 35.5. The quantitative estimate of drug-likeness (QED) is 0.787. The van der Waals surface area contributed by atoms with Crippen LogP contribution in [0.25, 0.3) is 0 Å². The Morgan fingerprint density at radius 2 is 1.84 bits per heavy atom. The predicted molar refractivity (Wildman–Crippen MR) is 98.3 cm³/mol. The summed E-state index contributed by atoms with van der Waals surface area (Å²) in [6, 6.07) is 17.8. The van der Waals surface area contributed by atoms with Gasteiger partial charge in [-0.3, -0.25) is 4.98 Å². The minimum Gasteiger partial charge on any atom is -0.274 e. The summed E-state index contributed by atoms with van der Waals surface area (Å²) in [5.74, 6) is 0.519. The number of H-pyrrole nitrogens is 1. The average molecular weight is 354 g/mol. The van der Waals surface area contributed by atoms with Crippen LogP contribution in [-0.2, 0) is 7.05 Å². The zero-order valence-corrected chi connectivity index (χ0v) is 14.3. The fourth-order valence-corrected chi connectivity index (χ4v) is 3.09. The van der Waals surface area contributed by atoms with Crippen LogP contribution in [0.4, 0.5) is 5.95 Å². The van der Waals surface area contributed by atoms with Crippen molar-refractivity contribution >= 4 is 23.3 Å². The summed E-state index contributed by atoms with van der Waals surface area (Å²) in [5.41, 5.74) is 2.83. The van der Waals surface area contributed by atoms with Gasteiger partial charge < -0.3 is 0 Å². The third kappa shape index (κ3) is 2.96. The molecule has 0 fully saturated rings. The molecule has 1 aliphatic rings. The molecule has 0 saturated carbocycles. The van der Waals surface area contributed by atoms with Crippen molar-refractivity contribution in [1.29, 1.82) is 0 Å². The number of hydrogen-bond donors (Lipinski definition) is 1. The number of rotatable bonds is 3. The van der Waals surface area contributed by atoms with E-state index in [4.69, 9.17) is 16.7 Å². The molecule has 4 rings (SSSR count). The molecule has 2 aromatic carbocycles. The number of aryl methyl sites for hydroxylation is 1. The van der Waals surface area contributed by atoms with Crippen molar-refractivity contribution in [2.45, 2.75) is 5.92 Å². The van der Waals surface area contributed by atoms with Crippen molar-refractivity contribution in [2.75, 3.05) is 11.6 Å². The standard InChI is InChI=1S/C18H16ClN5O/c1-23-18(25)20-17(22-23)24-11-15(12-5-3-2-4-6-12)16(21-24)13-7-9-14(19)10-8-13/h2-10,15H,11H2,1H3,(H,20,22,25)/t15-/m1/s1. The topological polar surface area (TPSA) is 66.3 Å². The van der Waals surface area contributed by atoms with Crippen LogP contribution in [0.15, 0.2) is 64.5 Å². The van der Waals surface area contributed by atoms with Gasteiger partial charge >= 0.3 is 5.69 Å². The van der Waals surface area contributed by atoms with Crippen molar-refractivity contribution in [3.05, 3.63) is 81.2 Å². The predicted octanol–water partition coefficient (Wildman–Crippen LogP) is 2.77. The van der Waals surface area contributed by atoms with E-state index in [-0.39, 0.29) is 11.6 Å². The van der Waals surface area contributed by atoms with E-state index in [1.807, 2.05) is 42.5 Å². The van der Waals surface area contributed by atoms with Gasteiger partial charge in [0.15, 0.2) is 0 Å². The molecule has 1 N–H and O–H groups in total. The number of nitrogens with zero attached hydrogens (tertiary/aromatic N) is 4. The van der Waals surface area contributed by atoms with Gasteiger partial charge in [-0.05, 0) is 23.3 Å². The number of hydrazone groups is 1. The largest absolute Gasteiger partial charge is 0.344 e. The summed E-state index contributed by atoms with van der Waals surface area (Å²) in [7, 11) is 1.61. The summed E-state index contributed by atoms with van der Waals surface area (Å²) in [4.78, 5) is 14.4. The summed E-state index contributed by atoms with van der Waals surface area (Å²) in [5, 5.41) is 11.4. The molecule has 0 unspecified atom stereocenters. The number of aromatic amines is 1. The molecule has 2 heterocycles. The van der Waals surface area contributed by atoms with Crippen molar-refractivity contribution in [1.82, 2.24) is 14.8 Å². The zero-order chi connectivity index (χ0) is 17.4. The molecule has 1 aromatic heterocycles. The molecule has 7 heteroatoms. The van der Waals surface area contributed by atoms with Crippen LogP contribution in [0.1, 0.15) is 17.0 Å². The van der Waals surface area contributed by atoms with Crippen molar-refractivity contribution in [3.8, 4) is 0 Å². The van der Waals surface area contributed by atoms with Gasteiger partial charge in [0.25, 0.3) is 0 Å². The van der Waals surface area contributed by atoms with Crippen LogP contribution in [0.3, 0.4) is 0 Å². The van der Waals surface area contributed by atoms with Crippen LogP contribution >= 0.6 is 11.6 Å². The number of hydrogen-bond acceptors (Lipinski definition) is 4. The van der Waals surface area contributed by atoms with E-state index in [9.17, 15) is 4.79 Å². The Balaban J connectivity index is 1.77. The Kier molecular flexibility index (Phi) is 3.89. The monoisotopic (exact) mass is 353 g/mol. The zero-order valence-electron chi connectivity index (χ0n) is 13.6. The first-order valence-corrected chi connectivity index (χ1v) is 8.30. The van der Waals surface area contributed by atoms with Gasteiger partial charge in [-0.25, -0.2) is 14.5 Å². The minimum absolute atomic E-state index is 0.0767. The fourth-order valence-electron chi connectivity index (χ4n) is 2.97. The Hall–Kier alpha value is -2.86. The first-order chi connectivity index (χ1) is 12.1. The SMILES string of the molecule is Cn1nc(N2C[C@H](c3ccccc3)C(c3ccc(Cl)cc3)=N2)[nH]c1=O. The number of nitrogens with one attached hydrogen (secondary N) is 1. The lowest BCUT2D eigenvalue weighted by Gasteiger charge is -2.14. The van der Waals surface area contributed by atoms with Gasteiger partial charge in [-0.2, -0.15) is 5.10 Å². The first kappa shape index (κ1) is 15.7. The molecule has 0 saturated heterocycles. The highest BCUT2D eigenvalue weighted by Crippen LogP contribution is 2.30. The molecule has 0 spiro atoms. The smallest absolute Gasteiger partial charge is 0.274 e. The molecule has 1 atom stereocenters. The van der Waals surface area contributed by atoms with Crippen molar-refractivity contribution in [3.63, 3.8) is 0 Å². The van der Waals surface area contributed by atoms with Gasteiger partial charge in [0, 0.05) is 18.0 Å². The molecule has 0 amide bonds. The first-order valence-electron chi connectivity index (χ1n) is 7.92. The Bertz CT molecular complexity index is 975. The van der Waals surface area contributed by atoms with E-state index < -0.39 is 0 Å². The molecular formula is C18H16ClN5O. The molecule has 0 radical (unpaired) electrons. The third-order valence-corrected chi connectivity index (χ3v) is 4.51. The van der Waals surface area contributed by atoms with Crippen LogP contribution < -0.4 is 10.7 Å². The molecule has 6 nitrogen and oxygen atoms in total. The summed E-state index contributed by atoms with van der Waals surface area (Å²) < 4.78 is 1.27. The molecule has 0 aliphatic carbocycles. The van der Waals surface area contributed by atoms with Crippen LogP contribution in [0, 0.1) is 0 Å². The second-order valence-electron chi connectivity index (χ2n) is 5.91. The highest BCUT2D eigenvalue weighted by Gasteiger charge is 2.31. The molecular weight excluding hydrogens is 338 g/mol. The van der Waals surface area contributed by atoms with E-state index in [2.05, 4.69) is 22.2 Å². The van der Waals surface area contributed by atoms with E-state index in [1.165, 1.54) is 4.68 Å². The highest BCUT2D eigenvalue weighted by molar-refractivity contribution is 6.30. The van der Waals surface area contributed by atoms with E-state index >= 15 is 0 Å². The van der Waals surface area contributed by atoms with Crippen molar-refractivity contribution in [2.24, 2.45) is 12.1 Å². The van der Waals surface area contributed by atoms with Crippen LogP contribution in [0.5, 0.6) is 0 Å². The lowest BCUT2D eigenvalue weighted by molar-refractivity contribution is 0.723. The fraction of sp³-hybridized carbons (Fsp3) is 0.167. The number of halogens is 1. The Morgan fingerprint density at radius 1 is 1.12 bits per heavy atom. The van der Waals surface area contributed by atoms with Gasteiger partial charge in [-0.1, -0.05) is 54.1 Å². The molecule has 0 bridgehead atoms. The Labute approximate surface area is 149 Å². The molecule has 126 valence electrons. The maximum atomic E-state index is 11.7. The molecule has 25 heavy (non-hydrogen) atoms. The molecule has 1 aliphatic heterocycles. The second-order valence-corrected chi connectivity index (χ2v) is 6.35. The van der Waals surface area contributed by atoms with Gasteiger partial charge in [0.2, 0.25) is 5.95 Å². The summed E-state index contributed by atoms with van der Waals surface area (Å²) in [6.45, 7) is 0.606. The number of benzene rings is 2. The van der Waals surface area contributed by atoms with E-state index in [0.717, 1.165) is 16.8 Å². The number of aromatic nitrogens is 3. The maximum Gasteiger partial charge on any atom is 0.344 e. The van der Waals surface area contributed by atoms with Crippen molar-refractivity contribution < 1.29 is 0 Å². The summed E-state index contributed by atoms with van der Waals surface area (Å²) >= 11 is 6.01. The number of anilines is 1. The normalized spacial score (nSPS) is 17.0. The lowest BCUT2D eigenvalue weighted by Crippen LogP contribution is -2.19. The lowest BCUT2D eigenvalue weighted by atomic mass is 9.91. The van der Waals surface area contributed by atoms with Gasteiger partial charge in [0.1, 0.15) is 0 Å². The van der Waals surface area contributed by atoms with E-state index in [1.54, 1.807) is 12.1 Å². The third-order valence-electron chi connectivity index (χ3n) is 4.26. The van der Waals surface area contributed by atoms with Crippen LogP contribution in [-0.4, -0.2) is 27.0 Å². The van der Waals surface area contributed by atoms with E-state index in [0.29, 0.717) is 17.5 Å². The maximum absolute atomic E-state index is 11.7.